The maximum atomic E-state index is 12.5. The van der Waals surface area contributed by atoms with E-state index < -0.39 is 9.84 Å². The van der Waals surface area contributed by atoms with E-state index in [9.17, 15) is 13.2 Å². The Morgan fingerprint density at radius 3 is 2.29 bits per heavy atom. The largest absolute Gasteiger partial charge is 0.468 e. The number of carbonyl (C=O) groups is 1. The standard InChI is InChI=1S/C21H22N2O4S/c1-28(25,26)20-11-9-18(10-12-20)22-21(24)16-23(15-19-8-5-13-27-19)14-17-6-3-2-4-7-17/h2-13H,14-16H2,1H3,(H,22,24). The van der Waals surface area contributed by atoms with Crippen LogP contribution >= 0.6 is 0 Å². The van der Waals surface area contributed by atoms with Crippen LogP contribution in [0, 0.1) is 0 Å². The molecule has 0 bridgehead atoms. The Morgan fingerprint density at radius 2 is 1.68 bits per heavy atom. The fourth-order valence-electron chi connectivity index (χ4n) is 2.82. The average molecular weight is 398 g/mol. The SMILES string of the molecule is CS(=O)(=O)c1ccc(NC(=O)CN(Cc2ccccc2)Cc2ccco2)cc1. The van der Waals surface area contributed by atoms with E-state index in [4.69, 9.17) is 4.42 Å². The molecule has 7 heteroatoms. The van der Waals surface area contributed by atoms with Crippen molar-refractivity contribution in [1.29, 1.82) is 0 Å². The molecule has 28 heavy (non-hydrogen) atoms. The number of rotatable bonds is 8. The summed E-state index contributed by atoms with van der Waals surface area (Å²) in [5, 5.41) is 2.81. The van der Waals surface area contributed by atoms with Gasteiger partial charge in [-0.2, -0.15) is 0 Å². The van der Waals surface area contributed by atoms with E-state index in [2.05, 4.69) is 5.32 Å². The highest BCUT2D eigenvalue weighted by Crippen LogP contribution is 2.15. The summed E-state index contributed by atoms with van der Waals surface area (Å²) in [5.74, 6) is 0.593. The fourth-order valence-corrected chi connectivity index (χ4v) is 3.45. The lowest BCUT2D eigenvalue weighted by molar-refractivity contribution is -0.117. The minimum Gasteiger partial charge on any atom is -0.468 e. The van der Waals surface area contributed by atoms with Crippen molar-refractivity contribution in [2.75, 3.05) is 18.1 Å². The van der Waals surface area contributed by atoms with Gasteiger partial charge in [-0.3, -0.25) is 9.69 Å². The van der Waals surface area contributed by atoms with Gasteiger partial charge in [-0.25, -0.2) is 8.42 Å². The lowest BCUT2D eigenvalue weighted by Crippen LogP contribution is -2.32. The Balaban J connectivity index is 1.66. The summed E-state index contributed by atoms with van der Waals surface area (Å²) in [6.07, 6.45) is 2.76. The number of hydrogen-bond acceptors (Lipinski definition) is 5. The number of nitrogens with one attached hydrogen (secondary N) is 1. The van der Waals surface area contributed by atoms with E-state index in [1.54, 1.807) is 18.4 Å². The van der Waals surface area contributed by atoms with Gasteiger partial charge in [0.1, 0.15) is 5.76 Å². The number of hydrogen-bond donors (Lipinski definition) is 1. The molecule has 0 aliphatic heterocycles. The van der Waals surface area contributed by atoms with Crippen LogP contribution < -0.4 is 5.32 Å². The molecular formula is C21H22N2O4S. The first-order chi connectivity index (χ1) is 13.4. The summed E-state index contributed by atoms with van der Waals surface area (Å²) in [7, 11) is -3.26. The van der Waals surface area contributed by atoms with E-state index in [0.29, 0.717) is 18.8 Å². The highest BCUT2D eigenvalue weighted by atomic mass is 32.2. The Labute approximate surface area is 164 Å². The zero-order valence-electron chi connectivity index (χ0n) is 15.5. The first kappa shape index (κ1) is 19.9. The predicted molar refractivity (Wildman–Crippen MR) is 107 cm³/mol. The molecule has 3 rings (SSSR count). The van der Waals surface area contributed by atoms with Crippen LogP contribution in [0.4, 0.5) is 5.69 Å². The van der Waals surface area contributed by atoms with Crippen LogP contribution in [0.15, 0.2) is 82.3 Å². The maximum Gasteiger partial charge on any atom is 0.238 e. The first-order valence-corrected chi connectivity index (χ1v) is 10.7. The van der Waals surface area contributed by atoms with Gasteiger partial charge in [-0.1, -0.05) is 30.3 Å². The summed E-state index contributed by atoms with van der Waals surface area (Å²) >= 11 is 0. The van der Waals surface area contributed by atoms with Crippen molar-refractivity contribution in [3.63, 3.8) is 0 Å². The molecule has 1 N–H and O–H groups in total. The van der Waals surface area contributed by atoms with Crippen LogP contribution in [0.1, 0.15) is 11.3 Å². The number of carbonyl (C=O) groups excluding carboxylic acids is 1. The molecule has 3 aromatic rings. The maximum absolute atomic E-state index is 12.5. The van der Waals surface area contributed by atoms with Gasteiger partial charge in [0.05, 0.1) is 24.2 Å². The van der Waals surface area contributed by atoms with Gasteiger partial charge in [-0.05, 0) is 42.0 Å². The van der Waals surface area contributed by atoms with Crippen molar-refractivity contribution in [1.82, 2.24) is 4.90 Å². The zero-order valence-corrected chi connectivity index (χ0v) is 16.4. The third-order valence-electron chi connectivity index (χ3n) is 4.14. The topological polar surface area (TPSA) is 79.6 Å². The van der Waals surface area contributed by atoms with Gasteiger partial charge in [0.2, 0.25) is 5.91 Å². The van der Waals surface area contributed by atoms with E-state index in [-0.39, 0.29) is 17.3 Å². The van der Waals surface area contributed by atoms with Crippen molar-refractivity contribution in [2.24, 2.45) is 0 Å². The highest BCUT2D eigenvalue weighted by Gasteiger charge is 2.14. The molecule has 2 aromatic carbocycles. The molecule has 0 fully saturated rings. The molecule has 0 spiro atoms. The van der Waals surface area contributed by atoms with Crippen molar-refractivity contribution < 1.29 is 17.6 Å². The summed E-state index contributed by atoms with van der Waals surface area (Å²) in [6, 6.07) is 19.7. The summed E-state index contributed by atoms with van der Waals surface area (Å²) in [5.41, 5.74) is 1.65. The van der Waals surface area contributed by atoms with Crippen LogP contribution in [-0.2, 0) is 27.7 Å². The second kappa shape index (κ2) is 8.86. The molecule has 0 saturated heterocycles. The quantitative estimate of drug-likeness (QED) is 0.630. The van der Waals surface area contributed by atoms with Crippen molar-refractivity contribution in [3.05, 3.63) is 84.3 Å². The molecular weight excluding hydrogens is 376 g/mol. The average Bonchev–Trinajstić information content (AvgIpc) is 3.15. The van der Waals surface area contributed by atoms with Gasteiger partial charge in [-0.15, -0.1) is 0 Å². The smallest absolute Gasteiger partial charge is 0.238 e. The monoisotopic (exact) mass is 398 g/mol. The molecule has 0 unspecified atom stereocenters. The number of benzene rings is 2. The van der Waals surface area contributed by atoms with Crippen LogP contribution in [0.5, 0.6) is 0 Å². The summed E-state index contributed by atoms with van der Waals surface area (Å²) < 4.78 is 28.5. The minimum atomic E-state index is -3.26. The van der Waals surface area contributed by atoms with Crippen LogP contribution in [0.2, 0.25) is 0 Å². The third-order valence-corrected chi connectivity index (χ3v) is 5.27. The van der Waals surface area contributed by atoms with E-state index in [1.807, 2.05) is 47.4 Å². The molecule has 0 aliphatic carbocycles. The molecule has 1 heterocycles. The van der Waals surface area contributed by atoms with E-state index >= 15 is 0 Å². The molecule has 6 nitrogen and oxygen atoms in total. The van der Waals surface area contributed by atoms with Gasteiger partial charge in [0.15, 0.2) is 9.84 Å². The molecule has 0 aliphatic rings. The van der Waals surface area contributed by atoms with Gasteiger partial charge in [0.25, 0.3) is 0 Å². The second-order valence-electron chi connectivity index (χ2n) is 6.55. The number of nitrogens with zero attached hydrogens (tertiary/aromatic N) is 1. The van der Waals surface area contributed by atoms with Crippen LogP contribution in [-0.4, -0.2) is 32.0 Å². The Hall–Kier alpha value is -2.90. The fraction of sp³-hybridized carbons (Fsp3) is 0.190. The molecule has 1 amide bonds. The second-order valence-corrected chi connectivity index (χ2v) is 8.57. The first-order valence-electron chi connectivity index (χ1n) is 8.79. The zero-order chi connectivity index (χ0) is 20.0. The highest BCUT2D eigenvalue weighted by molar-refractivity contribution is 7.90. The van der Waals surface area contributed by atoms with Crippen molar-refractivity contribution in [2.45, 2.75) is 18.0 Å². The van der Waals surface area contributed by atoms with Gasteiger partial charge < -0.3 is 9.73 Å². The predicted octanol–water partition coefficient (Wildman–Crippen LogP) is 3.32. The normalized spacial score (nSPS) is 11.5. The van der Waals surface area contributed by atoms with E-state index in [0.717, 1.165) is 17.6 Å². The Morgan fingerprint density at radius 1 is 0.964 bits per heavy atom. The van der Waals surface area contributed by atoms with Gasteiger partial charge >= 0.3 is 0 Å². The third kappa shape index (κ3) is 5.80. The number of anilines is 1. The Bertz CT molecular complexity index is 998. The molecule has 0 radical (unpaired) electrons. The van der Waals surface area contributed by atoms with Crippen molar-refractivity contribution >= 4 is 21.4 Å². The minimum absolute atomic E-state index is 0.170. The summed E-state index contributed by atoms with van der Waals surface area (Å²) in [6.45, 7) is 1.27. The molecule has 0 atom stereocenters. The molecule has 1 aromatic heterocycles. The lowest BCUT2D eigenvalue weighted by Gasteiger charge is -2.21. The van der Waals surface area contributed by atoms with Crippen molar-refractivity contribution in [3.8, 4) is 0 Å². The summed E-state index contributed by atoms with van der Waals surface area (Å²) in [4.78, 5) is 14.7. The van der Waals surface area contributed by atoms with Crippen LogP contribution in [0.25, 0.3) is 0 Å². The van der Waals surface area contributed by atoms with Gasteiger partial charge in [0, 0.05) is 18.5 Å². The van der Waals surface area contributed by atoms with E-state index in [1.165, 1.54) is 12.1 Å². The number of sulfone groups is 1. The molecule has 146 valence electrons. The number of amides is 1. The number of furan rings is 1. The van der Waals surface area contributed by atoms with Crippen LogP contribution in [0.3, 0.4) is 0 Å². The lowest BCUT2D eigenvalue weighted by atomic mass is 10.2. The Kier molecular flexibility index (Phi) is 6.28. The molecule has 0 saturated carbocycles.